The molecule has 3 aliphatic heterocycles. The summed E-state index contributed by atoms with van der Waals surface area (Å²) in [7, 11) is 0. The molecule has 31 heavy (non-hydrogen) atoms. The average molecular weight is 436 g/mol. The topological polar surface area (TPSA) is 90.5 Å². The number of halogens is 3. The molecule has 166 valence electrons. The van der Waals surface area contributed by atoms with Crippen LogP contribution in [0.4, 0.5) is 13.2 Å². The molecule has 3 N–H and O–H groups in total. The third-order valence-electron chi connectivity index (χ3n) is 7.34. The number of benzene rings is 1. The van der Waals surface area contributed by atoms with Gasteiger partial charge in [-0.2, -0.15) is 13.2 Å². The maximum absolute atomic E-state index is 13.5. The Morgan fingerprint density at radius 1 is 1.19 bits per heavy atom. The highest BCUT2D eigenvalue weighted by Gasteiger charge is 2.81. The number of nitrogens with one attached hydrogen (secondary N) is 3. The van der Waals surface area contributed by atoms with Gasteiger partial charge in [0.2, 0.25) is 11.8 Å². The third-order valence-corrected chi connectivity index (χ3v) is 7.34. The number of carbonyl (C=O) groups excluding carboxylic acids is 3. The van der Waals surface area contributed by atoms with Crippen LogP contribution in [0.25, 0.3) is 0 Å². The van der Waals surface area contributed by atoms with Crippen LogP contribution in [-0.2, 0) is 22.7 Å². The van der Waals surface area contributed by atoms with E-state index in [1.165, 1.54) is 4.90 Å². The molecule has 1 aliphatic carbocycles. The van der Waals surface area contributed by atoms with Gasteiger partial charge < -0.3 is 15.5 Å². The highest BCUT2D eigenvalue weighted by atomic mass is 19.4. The summed E-state index contributed by atoms with van der Waals surface area (Å²) in [5.74, 6) is -1.03. The van der Waals surface area contributed by atoms with Gasteiger partial charge in [-0.15, -0.1) is 0 Å². The lowest BCUT2D eigenvalue weighted by Crippen LogP contribution is -2.52. The van der Waals surface area contributed by atoms with Crippen molar-refractivity contribution in [2.45, 2.75) is 44.6 Å². The normalized spacial score (nSPS) is 32.2. The molecule has 4 aliphatic rings. The highest BCUT2D eigenvalue weighted by molar-refractivity contribution is 6.05. The monoisotopic (exact) mass is 436 g/mol. The van der Waals surface area contributed by atoms with Crippen molar-refractivity contribution in [3.8, 4) is 0 Å². The lowest BCUT2D eigenvalue weighted by Gasteiger charge is -2.29. The van der Waals surface area contributed by atoms with Crippen LogP contribution < -0.4 is 16.0 Å². The second-order valence-electron chi connectivity index (χ2n) is 9.14. The van der Waals surface area contributed by atoms with Crippen LogP contribution in [-0.4, -0.2) is 54.5 Å². The lowest BCUT2D eigenvalue weighted by molar-refractivity contribution is -0.190. The van der Waals surface area contributed by atoms with E-state index in [0.717, 1.165) is 11.1 Å². The van der Waals surface area contributed by atoms with Crippen molar-refractivity contribution in [1.29, 1.82) is 0 Å². The molecule has 0 bridgehead atoms. The lowest BCUT2D eigenvalue weighted by atomic mass is 9.95. The van der Waals surface area contributed by atoms with E-state index in [1.807, 2.05) is 6.07 Å². The average Bonchev–Trinajstić information content (AvgIpc) is 3.03. The molecule has 3 amide bonds. The molecule has 0 aromatic heterocycles. The van der Waals surface area contributed by atoms with Crippen molar-refractivity contribution >= 4 is 17.7 Å². The molecule has 0 spiro atoms. The third kappa shape index (κ3) is 3.07. The van der Waals surface area contributed by atoms with Gasteiger partial charge >= 0.3 is 6.18 Å². The summed E-state index contributed by atoms with van der Waals surface area (Å²) in [5, 5.41) is 8.33. The minimum Gasteiger partial charge on any atom is -0.322 e. The first-order valence-corrected chi connectivity index (χ1v) is 10.4. The summed E-state index contributed by atoms with van der Waals surface area (Å²) in [6.07, 6.45) is -3.55. The van der Waals surface area contributed by atoms with Crippen LogP contribution in [0.15, 0.2) is 18.2 Å². The molecule has 10 heteroatoms. The molecule has 7 nitrogen and oxygen atoms in total. The van der Waals surface area contributed by atoms with Crippen molar-refractivity contribution in [1.82, 2.24) is 20.9 Å². The number of fused-ring (bicyclic) bond motifs is 2. The first kappa shape index (κ1) is 20.4. The predicted molar refractivity (Wildman–Crippen MR) is 103 cm³/mol. The van der Waals surface area contributed by atoms with Crippen molar-refractivity contribution in [3.05, 3.63) is 34.9 Å². The van der Waals surface area contributed by atoms with Crippen molar-refractivity contribution in [3.63, 3.8) is 0 Å². The van der Waals surface area contributed by atoms with Gasteiger partial charge in [-0.3, -0.25) is 19.7 Å². The Kier molecular flexibility index (Phi) is 4.46. The quantitative estimate of drug-likeness (QED) is 0.601. The van der Waals surface area contributed by atoms with E-state index in [1.54, 1.807) is 12.1 Å². The number of rotatable bonds is 5. The molecule has 5 rings (SSSR count). The molecule has 2 saturated heterocycles. The fourth-order valence-electron chi connectivity index (χ4n) is 5.51. The van der Waals surface area contributed by atoms with Crippen molar-refractivity contribution in [2.24, 2.45) is 10.8 Å². The minimum absolute atomic E-state index is 0.0185. The summed E-state index contributed by atoms with van der Waals surface area (Å²) in [5.41, 5.74) is -0.214. The van der Waals surface area contributed by atoms with E-state index < -0.39 is 29.0 Å². The molecule has 3 atom stereocenters. The first-order valence-electron chi connectivity index (χ1n) is 10.4. The molecule has 0 radical (unpaired) electrons. The Hall–Kier alpha value is -2.46. The van der Waals surface area contributed by atoms with Crippen LogP contribution in [0, 0.1) is 10.8 Å². The predicted octanol–water partition coefficient (Wildman–Crippen LogP) is 1.08. The van der Waals surface area contributed by atoms with Crippen LogP contribution in [0.5, 0.6) is 0 Å². The van der Waals surface area contributed by atoms with Crippen LogP contribution in [0.1, 0.15) is 40.7 Å². The van der Waals surface area contributed by atoms with Crippen LogP contribution in [0.2, 0.25) is 0 Å². The molecule has 1 aromatic carbocycles. The fraction of sp³-hybridized carbons (Fsp3) is 0.571. The number of nitrogens with zero attached hydrogens (tertiary/aromatic N) is 1. The Morgan fingerprint density at radius 2 is 2.00 bits per heavy atom. The number of amides is 3. The second-order valence-corrected chi connectivity index (χ2v) is 9.14. The van der Waals surface area contributed by atoms with Crippen molar-refractivity contribution in [2.75, 3.05) is 19.6 Å². The zero-order valence-corrected chi connectivity index (χ0v) is 16.8. The minimum atomic E-state index is -4.20. The zero-order valence-electron chi connectivity index (χ0n) is 16.8. The standard InChI is InChI=1S/C21H23F3N4O3/c22-21(23,24)20-8-19(20,10-26-11-20)9-25-6-12-1-2-14-13(5-12)7-28(18(14)31)15-3-4-16(29)27-17(15)30/h1-2,5,15,25-26H,3-4,6-11H2,(H,27,29,30)/t15?,19-,20+/m1/s1. The molecule has 3 heterocycles. The summed E-state index contributed by atoms with van der Waals surface area (Å²) in [6, 6.07) is 4.68. The van der Waals surface area contributed by atoms with E-state index in [-0.39, 0.29) is 44.3 Å². The van der Waals surface area contributed by atoms with E-state index in [2.05, 4.69) is 16.0 Å². The van der Waals surface area contributed by atoms with Crippen LogP contribution >= 0.6 is 0 Å². The number of carbonyl (C=O) groups is 3. The summed E-state index contributed by atoms with van der Waals surface area (Å²) >= 11 is 0. The zero-order chi connectivity index (χ0) is 22.0. The Labute approximate surface area is 176 Å². The Bertz CT molecular complexity index is 981. The number of piperidine rings is 2. The van der Waals surface area contributed by atoms with Gasteiger partial charge in [0, 0.05) is 50.1 Å². The van der Waals surface area contributed by atoms with Gasteiger partial charge in [0.25, 0.3) is 5.91 Å². The van der Waals surface area contributed by atoms with Gasteiger partial charge in [-0.05, 0) is 30.0 Å². The Morgan fingerprint density at radius 3 is 2.71 bits per heavy atom. The molecule has 1 saturated carbocycles. The van der Waals surface area contributed by atoms with E-state index >= 15 is 0 Å². The fourth-order valence-corrected chi connectivity index (χ4v) is 5.51. The summed E-state index contributed by atoms with van der Waals surface area (Å²) in [4.78, 5) is 37.7. The van der Waals surface area contributed by atoms with Gasteiger partial charge in [-0.1, -0.05) is 12.1 Å². The SMILES string of the molecule is O=C1CCC(N2Cc3cc(CNC[C@]45CNC[C@@]4(C(F)(F)F)C5)ccc3C2=O)C(=O)N1. The maximum Gasteiger partial charge on any atom is 0.396 e. The number of hydrogen-bond acceptors (Lipinski definition) is 5. The number of hydrogen-bond donors (Lipinski definition) is 3. The Balaban J connectivity index is 1.22. The molecule has 1 unspecified atom stereocenters. The largest absolute Gasteiger partial charge is 0.396 e. The smallest absolute Gasteiger partial charge is 0.322 e. The van der Waals surface area contributed by atoms with Crippen LogP contribution in [0.3, 0.4) is 0 Å². The van der Waals surface area contributed by atoms with E-state index in [4.69, 9.17) is 0 Å². The molecule has 3 fully saturated rings. The number of imide groups is 1. The molecular weight excluding hydrogens is 413 g/mol. The van der Waals surface area contributed by atoms with Gasteiger partial charge in [0.05, 0.1) is 5.41 Å². The van der Waals surface area contributed by atoms with Gasteiger partial charge in [-0.25, -0.2) is 0 Å². The van der Waals surface area contributed by atoms with Gasteiger partial charge in [0.1, 0.15) is 6.04 Å². The van der Waals surface area contributed by atoms with Crippen molar-refractivity contribution < 1.29 is 27.6 Å². The number of alkyl halides is 3. The van der Waals surface area contributed by atoms with Gasteiger partial charge in [0.15, 0.2) is 0 Å². The first-order chi connectivity index (χ1) is 14.7. The molecule has 1 aromatic rings. The maximum atomic E-state index is 13.5. The second kappa shape index (κ2) is 6.77. The van der Waals surface area contributed by atoms with E-state index in [0.29, 0.717) is 25.1 Å². The summed E-state index contributed by atoms with van der Waals surface area (Å²) in [6.45, 7) is 1.29. The molecular formula is C21H23F3N4O3. The summed E-state index contributed by atoms with van der Waals surface area (Å²) < 4.78 is 40.4. The highest BCUT2D eigenvalue weighted by Crippen LogP contribution is 2.72. The van der Waals surface area contributed by atoms with E-state index in [9.17, 15) is 27.6 Å².